The van der Waals surface area contributed by atoms with Gasteiger partial charge in [0.15, 0.2) is 0 Å². The lowest BCUT2D eigenvalue weighted by atomic mass is 10.2. The van der Waals surface area contributed by atoms with Crippen LogP contribution >= 0.6 is 11.6 Å². The van der Waals surface area contributed by atoms with Gasteiger partial charge in [0.05, 0.1) is 23.2 Å². The summed E-state index contributed by atoms with van der Waals surface area (Å²) in [6.45, 7) is 0. The van der Waals surface area contributed by atoms with Crippen molar-refractivity contribution in [2.24, 2.45) is 0 Å². The van der Waals surface area contributed by atoms with E-state index in [0.717, 1.165) is 27.9 Å². The Bertz CT molecular complexity index is 1160. The molecule has 0 atom stereocenters. The number of aromatic nitrogens is 2. The fraction of sp³-hybridized carbons (Fsp3) is 0.0435. The second-order valence-electron chi connectivity index (χ2n) is 6.39. The van der Waals surface area contributed by atoms with E-state index in [9.17, 15) is 4.79 Å². The van der Waals surface area contributed by atoms with Crippen LogP contribution in [-0.2, 0) is 4.79 Å². The van der Waals surface area contributed by atoms with E-state index in [2.05, 4.69) is 15.3 Å². The molecule has 144 valence electrons. The molecule has 0 unspecified atom stereocenters. The molecule has 1 heterocycles. The molecule has 0 fully saturated rings. The molecule has 4 rings (SSSR count). The summed E-state index contributed by atoms with van der Waals surface area (Å²) < 4.78 is 5.13. The van der Waals surface area contributed by atoms with E-state index in [1.54, 1.807) is 31.4 Å². The van der Waals surface area contributed by atoms with Gasteiger partial charge in [0.25, 0.3) is 0 Å². The number of H-pyrrole nitrogens is 1. The Kier molecular flexibility index (Phi) is 5.31. The number of methoxy groups -OCH3 is 1. The monoisotopic (exact) mass is 403 g/mol. The van der Waals surface area contributed by atoms with E-state index in [4.69, 9.17) is 16.3 Å². The van der Waals surface area contributed by atoms with E-state index < -0.39 is 0 Å². The zero-order chi connectivity index (χ0) is 20.2. The Labute approximate surface area is 173 Å². The lowest BCUT2D eigenvalue weighted by molar-refractivity contribution is -0.111. The van der Waals surface area contributed by atoms with Crippen LogP contribution in [0, 0.1) is 0 Å². The predicted octanol–water partition coefficient (Wildman–Crippen LogP) is 5.54. The molecule has 0 radical (unpaired) electrons. The zero-order valence-electron chi connectivity index (χ0n) is 15.6. The molecule has 0 spiro atoms. The molecule has 6 heteroatoms. The van der Waals surface area contributed by atoms with Gasteiger partial charge in [0.2, 0.25) is 5.91 Å². The van der Waals surface area contributed by atoms with E-state index in [0.29, 0.717) is 16.5 Å². The summed E-state index contributed by atoms with van der Waals surface area (Å²) in [5.74, 6) is 1.19. The summed E-state index contributed by atoms with van der Waals surface area (Å²) >= 11 is 6.36. The van der Waals surface area contributed by atoms with Crippen molar-refractivity contribution in [2.45, 2.75) is 0 Å². The third-order valence-corrected chi connectivity index (χ3v) is 4.75. The van der Waals surface area contributed by atoms with Crippen LogP contribution in [0.5, 0.6) is 5.75 Å². The number of anilines is 1. The largest absolute Gasteiger partial charge is 0.497 e. The Morgan fingerprint density at radius 3 is 2.66 bits per heavy atom. The molecule has 29 heavy (non-hydrogen) atoms. The van der Waals surface area contributed by atoms with Gasteiger partial charge in [-0.3, -0.25) is 4.79 Å². The highest BCUT2D eigenvalue weighted by molar-refractivity contribution is 6.33. The number of para-hydroxylation sites is 2. The second-order valence-corrected chi connectivity index (χ2v) is 6.80. The molecular weight excluding hydrogens is 386 g/mol. The molecular formula is C23H18ClN3O2. The van der Waals surface area contributed by atoms with Gasteiger partial charge >= 0.3 is 0 Å². The van der Waals surface area contributed by atoms with Gasteiger partial charge in [0, 0.05) is 17.3 Å². The Balaban J connectivity index is 1.52. The van der Waals surface area contributed by atoms with Crippen molar-refractivity contribution in [3.8, 4) is 17.1 Å². The lowest BCUT2D eigenvalue weighted by Gasteiger charge is -2.06. The maximum absolute atomic E-state index is 12.3. The maximum Gasteiger partial charge on any atom is 0.248 e. The van der Waals surface area contributed by atoms with Crippen LogP contribution in [0.25, 0.3) is 28.5 Å². The molecule has 2 N–H and O–H groups in total. The first-order valence-electron chi connectivity index (χ1n) is 9.00. The number of benzene rings is 3. The fourth-order valence-electron chi connectivity index (χ4n) is 2.94. The third kappa shape index (κ3) is 4.31. The number of aromatic amines is 1. The summed E-state index contributed by atoms with van der Waals surface area (Å²) in [5.41, 5.74) is 4.04. The van der Waals surface area contributed by atoms with Crippen LogP contribution in [0.15, 0.2) is 72.8 Å². The molecule has 0 aliphatic rings. The summed E-state index contributed by atoms with van der Waals surface area (Å²) in [4.78, 5) is 20.1. The fourth-order valence-corrected chi connectivity index (χ4v) is 3.14. The number of halogens is 1. The summed E-state index contributed by atoms with van der Waals surface area (Å²) in [5, 5.41) is 3.41. The SMILES string of the molecule is COc1ccc(/C=C/C(=O)Nc2ccc(Cl)c(-c3nc4ccccc4[nH]3)c2)cc1. The highest BCUT2D eigenvalue weighted by Gasteiger charge is 2.10. The lowest BCUT2D eigenvalue weighted by Crippen LogP contribution is -2.07. The van der Waals surface area contributed by atoms with E-state index in [1.165, 1.54) is 6.08 Å². The summed E-state index contributed by atoms with van der Waals surface area (Å²) in [7, 11) is 1.62. The number of hydrogen-bond acceptors (Lipinski definition) is 3. The standard InChI is InChI=1S/C23H18ClN3O2/c1-29-17-10-6-15(7-11-17)8-13-22(28)25-16-9-12-19(24)18(14-16)23-26-20-4-2-3-5-21(20)27-23/h2-14H,1H3,(H,25,28)(H,26,27)/b13-8+. The number of rotatable bonds is 5. The van der Waals surface area contributed by atoms with Gasteiger partial charge in [-0.1, -0.05) is 35.9 Å². The van der Waals surface area contributed by atoms with Crippen LogP contribution in [0.2, 0.25) is 5.02 Å². The van der Waals surface area contributed by atoms with E-state index in [1.807, 2.05) is 48.5 Å². The number of nitrogens with one attached hydrogen (secondary N) is 2. The Hall–Kier alpha value is -3.57. The van der Waals surface area contributed by atoms with Gasteiger partial charge in [-0.25, -0.2) is 4.98 Å². The topological polar surface area (TPSA) is 67.0 Å². The molecule has 5 nitrogen and oxygen atoms in total. The minimum Gasteiger partial charge on any atom is -0.497 e. The van der Waals surface area contributed by atoms with Gasteiger partial charge in [-0.05, 0) is 54.1 Å². The molecule has 0 saturated heterocycles. The Morgan fingerprint density at radius 2 is 1.90 bits per heavy atom. The van der Waals surface area contributed by atoms with E-state index >= 15 is 0 Å². The average Bonchev–Trinajstić information content (AvgIpc) is 3.18. The molecule has 3 aromatic carbocycles. The van der Waals surface area contributed by atoms with Crippen LogP contribution in [-0.4, -0.2) is 23.0 Å². The summed E-state index contributed by atoms with van der Waals surface area (Å²) in [6, 6.07) is 20.5. The van der Waals surface area contributed by atoms with Crippen LogP contribution in [0.3, 0.4) is 0 Å². The maximum atomic E-state index is 12.3. The van der Waals surface area contributed by atoms with Crippen LogP contribution in [0.4, 0.5) is 5.69 Å². The van der Waals surface area contributed by atoms with Gasteiger partial charge in [0.1, 0.15) is 11.6 Å². The van der Waals surface area contributed by atoms with Crippen molar-refractivity contribution in [1.29, 1.82) is 0 Å². The first-order chi connectivity index (χ1) is 14.1. The highest BCUT2D eigenvalue weighted by Crippen LogP contribution is 2.30. The molecule has 0 saturated carbocycles. The Morgan fingerprint density at radius 1 is 1.10 bits per heavy atom. The predicted molar refractivity (Wildman–Crippen MR) is 117 cm³/mol. The minimum atomic E-state index is -0.237. The normalized spacial score (nSPS) is 11.1. The van der Waals surface area contributed by atoms with Crippen molar-refractivity contribution in [1.82, 2.24) is 9.97 Å². The van der Waals surface area contributed by atoms with Crippen LogP contribution < -0.4 is 10.1 Å². The van der Waals surface area contributed by atoms with Gasteiger partial charge in [-0.15, -0.1) is 0 Å². The van der Waals surface area contributed by atoms with Gasteiger partial charge < -0.3 is 15.0 Å². The van der Waals surface area contributed by atoms with Crippen LogP contribution in [0.1, 0.15) is 5.56 Å². The van der Waals surface area contributed by atoms with Crippen molar-refractivity contribution in [3.05, 3.63) is 83.4 Å². The number of carbonyl (C=O) groups is 1. The third-order valence-electron chi connectivity index (χ3n) is 4.42. The van der Waals surface area contributed by atoms with E-state index in [-0.39, 0.29) is 5.91 Å². The molecule has 0 bridgehead atoms. The number of carbonyl (C=O) groups excluding carboxylic acids is 1. The van der Waals surface area contributed by atoms with Gasteiger partial charge in [-0.2, -0.15) is 0 Å². The number of amides is 1. The van der Waals surface area contributed by atoms with Crippen molar-refractivity contribution in [2.75, 3.05) is 12.4 Å². The molecule has 1 amide bonds. The average molecular weight is 404 g/mol. The minimum absolute atomic E-state index is 0.237. The smallest absolute Gasteiger partial charge is 0.248 e. The van der Waals surface area contributed by atoms with Crippen molar-refractivity contribution in [3.63, 3.8) is 0 Å². The molecule has 4 aromatic rings. The number of imidazole rings is 1. The number of fused-ring (bicyclic) bond motifs is 1. The number of nitrogens with zero attached hydrogens (tertiary/aromatic N) is 1. The van der Waals surface area contributed by atoms with Crippen molar-refractivity contribution < 1.29 is 9.53 Å². The first-order valence-corrected chi connectivity index (χ1v) is 9.38. The molecule has 0 aliphatic carbocycles. The van der Waals surface area contributed by atoms with Crippen molar-refractivity contribution >= 4 is 40.3 Å². The zero-order valence-corrected chi connectivity index (χ0v) is 16.4. The quantitative estimate of drug-likeness (QED) is 0.430. The second kappa shape index (κ2) is 8.20. The summed E-state index contributed by atoms with van der Waals surface area (Å²) in [6.07, 6.45) is 3.22. The highest BCUT2D eigenvalue weighted by atomic mass is 35.5. The number of hydrogen-bond donors (Lipinski definition) is 2. The number of ether oxygens (including phenoxy) is 1. The molecule has 1 aromatic heterocycles. The first kappa shape index (κ1) is 18.8. The molecule has 0 aliphatic heterocycles.